The minimum absolute atomic E-state index is 0.214. The molecule has 0 radical (unpaired) electrons. The fourth-order valence-corrected chi connectivity index (χ4v) is 3.55. The predicted octanol–water partition coefficient (Wildman–Crippen LogP) is 4.40. The molecule has 0 unspecified atom stereocenters. The van der Waals surface area contributed by atoms with Crippen molar-refractivity contribution in [2.24, 2.45) is 0 Å². The van der Waals surface area contributed by atoms with Crippen LogP contribution in [0.2, 0.25) is 0 Å². The summed E-state index contributed by atoms with van der Waals surface area (Å²) < 4.78 is 14.2. The van der Waals surface area contributed by atoms with Crippen LogP contribution in [0.5, 0.6) is 0 Å². The quantitative estimate of drug-likeness (QED) is 0.648. The first kappa shape index (κ1) is 16.7. The van der Waals surface area contributed by atoms with Gasteiger partial charge in [-0.2, -0.15) is 0 Å². The Labute approximate surface area is 149 Å². The van der Waals surface area contributed by atoms with E-state index in [-0.39, 0.29) is 18.4 Å². The van der Waals surface area contributed by atoms with Crippen molar-refractivity contribution in [3.8, 4) is 0 Å². The molecule has 2 aromatic rings. The summed E-state index contributed by atoms with van der Waals surface area (Å²) in [6.07, 6.45) is 1.54. The van der Waals surface area contributed by atoms with Gasteiger partial charge in [0.2, 0.25) is 0 Å². The number of nitrogens with zero attached hydrogens (tertiary/aromatic N) is 1. The standard InChI is InChI=1S/C18H15FN2OS2/c1-12-6-2-5-9-15(12)20-11-21-17(22)16(24-18(21)23)10-13-7-3-4-8-14(13)19/h2-10,20H,11H2,1H3. The highest BCUT2D eigenvalue weighted by atomic mass is 32.2. The summed E-state index contributed by atoms with van der Waals surface area (Å²) in [6.45, 7) is 2.27. The molecular weight excluding hydrogens is 343 g/mol. The van der Waals surface area contributed by atoms with Crippen molar-refractivity contribution >= 4 is 46.0 Å². The predicted molar refractivity (Wildman–Crippen MR) is 101 cm³/mol. The van der Waals surface area contributed by atoms with E-state index in [2.05, 4.69) is 5.32 Å². The maximum Gasteiger partial charge on any atom is 0.267 e. The molecule has 1 aliphatic heterocycles. The van der Waals surface area contributed by atoms with Crippen molar-refractivity contribution in [3.63, 3.8) is 0 Å². The molecule has 0 saturated carbocycles. The van der Waals surface area contributed by atoms with E-state index >= 15 is 0 Å². The van der Waals surface area contributed by atoms with Gasteiger partial charge in [-0.25, -0.2) is 4.39 Å². The number of thiocarbonyl (C=S) groups is 1. The summed E-state index contributed by atoms with van der Waals surface area (Å²) >= 11 is 6.47. The van der Waals surface area contributed by atoms with Crippen LogP contribution in [0.4, 0.5) is 10.1 Å². The average molecular weight is 358 g/mol. The Kier molecular flexibility index (Phi) is 4.97. The Morgan fingerprint density at radius 2 is 1.92 bits per heavy atom. The molecule has 0 atom stereocenters. The van der Waals surface area contributed by atoms with E-state index in [9.17, 15) is 9.18 Å². The molecule has 1 N–H and O–H groups in total. The molecule has 1 aliphatic rings. The van der Waals surface area contributed by atoms with Crippen molar-refractivity contribution in [1.82, 2.24) is 4.90 Å². The molecule has 0 spiro atoms. The number of hydrogen-bond acceptors (Lipinski definition) is 4. The lowest BCUT2D eigenvalue weighted by molar-refractivity contribution is -0.121. The van der Waals surface area contributed by atoms with Crippen LogP contribution in [0.15, 0.2) is 53.4 Å². The van der Waals surface area contributed by atoms with E-state index in [4.69, 9.17) is 12.2 Å². The second-order valence-corrected chi connectivity index (χ2v) is 6.96. The highest BCUT2D eigenvalue weighted by Gasteiger charge is 2.32. The largest absolute Gasteiger partial charge is 0.367 e. The summed E-state index contributed by atoms with van der Waals surface area (Å²) in [5.41, 5.74) is 2.42. The lowest BCUT2D eigenvalue weighted by Crippen LogP contribution is -2.33. The number of benzene rings is 2. The summed E-state index contributed by atoms with van der Waals surface area (Å²) in [5.74, 6) is -0.574. The first-order chi connectivity index (χ1) is 11.6. The number of carbonyl (C=O) groups excluding carboxylic acids is 1. The fraction of sp³-hybridized carbons (Fsp3) is 0.111. The third kappa shape index (κ3) is 3.49. The van der Waals surface area contributed by atoms with Gasteiger partial charge < -0.3 is 5.32 Å². The first-order valence-electron chi connectivity index (χ1n) is 7.35. The SMILES string of the molecule is Cc1ccccc1NCN1C(=O)C(=Cc2ccccc2F)SC1=S. The number of hydrogen-bond donors (Lipinski definition) is 1. The monoisotopic (exact) mass is 358 g/mol. The molecule has 3 rings (SSSR count). The number of halogens is 1. The second kappa shape index (κ2) is 7.15. The number of amides is 1. The Morgan fingerprint density at radius 1 is 1.21 bits per heavy atom. The van der Waals surface area contributed by atoms with Crippen LogP contribution in [0.3, 0.4) is 0 Å². The zero-order chi connectivity index (χ0) is 17.1. The summed E-state index contributed by atoms with van der Waals surface area (Å²) in [4.78, 5) is 14.4. The minimum atomic E-state index is -0.360. The van der Waals surface area contributed by atoms with Crippen molar-refractivity contribution < 1.29 is 9.18 Å². The molecule has 122 valence electrons. The minimum Gasteiger partial charge on any atom is -0.367 e. The highest BCUT2D eigenvalue weighted by molar-refractivity contribution is 8.26. The van der Waals surface area contributed by atoms with Gasteiger partial charge in [-0.1, -0.05) is 60.4 Å². The zero-order valence-corrected chi connectivity index (χ0v) is 14.6. The topological polar surface area (TPSA) is 32.3 Å². The van der Waals surface area contributed by atoms with Crippen LogP contribution in [-0.2, 0) is 4.79 Å². The highest BCUT2D eigenvalue weighted by Crippen LogP contribution is 2.32. The van der Waals surface area contributed by atoms with Gasteiger partial charge in [0.1, 0.15) is 10.1 Å². The number of nitrogens with one attached hydrogen (secondary N) is 1. The smallest absolute Gasteiger partial charge is 0.267 e. The lowest BCUT2D eigenvalue weighted by atomic mass is 10.2. The van der Waals surface area contributed by atoms with Crippen LogP contribution < -0.4 is 5.32 Å². The summed E-state index contributed by atoms with van der Waals surface area (Å²) in [7, 11) is 0. The molecule has 6 heteroatoms. The lowest BCUT2D eigenvalue weighted by Gasteiger charge is -2.17. The van der Waals surface area contributed by atoms with Crippen LogP contribution in [0.25, 0.3) is 6.08 Å². The van der Waals surface area contributed by atoms with Crippen molar-refractivity contribution in [2.45, 2.75) is 6.92 Å². The van der Waals surface area contributed by atoms with E-state index in [0.29, 0.717) is 14.8 Å². The van der Waals surface area contributed by atoms with Crippen LogP contribution >= 0.6 is 24.0 Å². The number of rotatable bonds is 4. The van der Waals surface area contributed by atoms with Gasteiger partial charge in [0.15, 0.2) is 0 Å². The van der Waals surface area contributed by atoms with E-state index in [1.54, 1.807) is 24.3 Å². The molecule has 2 aromatic carbocycles. The maximum absolute atomic E-state index is 13.8. The molecular formula is C18H15FN2OS2. The van der Waals surface area contributed by atoms with Gasteiger partial charge in [0.05, 0.1) is 11.6 Å². The first-order valence-corrected chi connectivity index (χ1v) is 8.58. The average Bonchev–Trinajstić information content (AvgIpc) is 2.83. The van der Waals surface area contributed by atoms with Gasteiger partial charge in [0.25, 0.3) is 5.91 Å². The van der Waals surface area contributed by atoms with Gasteiger partial charge in [-0.15, -0.1) is 0 Å². The Hall–Kier alpha value is -2.18. The molecule has 1 amide bonds. The number of anilines is 1. The molecule has 0 aliphatic carbocycles. The molecule has 1 saturated heterocycles. The Bertz CT molecular complexity index is 835. The molecule has 1 heterocycles. The number of aryl methyl sites for hydroxylation is 1. The van der Waals surface area contributed by atoms with Crippen LogP contribution in [0.1, 0.15) is 11.1 Å². The van der Waals surface area contributed by atoms with E-state index < -0.39 is 0 Å². The third-order valence-corrected chi connectivity index (χ3v) is 5.02. The number of carbonyl (C=O) groups is 1. The van der Waals surface area contributed by atoms with Gasteiger partial charge in [-0.05, 0) is 30.7 Å². The van der Waals surface area contributed by atoms with Gasteiger partial charge in [-0.3, -0.25) is 9.69 Å². The molecule has 0 bridgehead atoms. The zero-order valence-electron chi connectivity index (χ0n) is 13.0. The molecule has 24 heavy (non-hydrogen) atoms. The Morgan fingerprint density at radius 3 is 2.67 bits per heavy atom. The van der Waals surface area contributed by atoms with E-state index in [0.717, 1.165) is 11.3 Å². The Balaban J connectivity index is 1.75. The van der Waals surface area contributed by atoms with Crippen molar-refractivity contribution in [1.29, 1.82) is 0 Å². The molecule has 1 fully saturated rings. The number of para-hydroxylation sites is 1. The van der Waals surface area contributed by atoms with Crippen LogP contribution in [0, 0.1) is 12.7 Å². The molecule has 0 aromatic heterocycles. The van der Waals surface area contributed by atoms with E-state index in [1.165, 1.54) is 22.7 Å². The van der Waals surface area contributed by atoms with Crippen molar-refractivity contribution in [3.05, 3.63) is 70.4 Å². The number of thioether (sulfide) groups is 1. The van der Waals surface area contributed by atoms with Crippen LogP contribution in [-0.4, -0.2) is 21.8 Å². The summed E-state index contributed by atoms with van der Waals surface area (Å²) in [5, 5.41) is 3.21. The normalized spacial score (nSPS) is 16.1. The van der Waals surface area contributed by atoms with Gasteiger partial charge >= 0.3 is 0 Å². The van der Waals surface area contributed by atoms with Gasteiger partial charge in [0, 0.05) is 11.3 Å². The second-order valence-electron chi connectivity index (χ2n) is 5.28. The fourth-order valence-electron chi connectivity index (χ4n) is 2.31. The van der Waals surface area contributed by atoms with Crippen molar-refractivity contribution in [2.75, 3.05) is 12.0 Å². The maximum atomic E-state index is 13.8. The molecule has 3 nitrogen and oxygen atoms in total. The van der Waals surface area contributed by atoms with E-state index in [1.807, 2.05) is 31.2 Å². The summed E-state index contributed by atoms with van der Waals surface area (Å²) in [6, 6.07) is 14.2. The third-order valence-electron chi connectivity index (χ3n) is 3.64.